The van der Waals surface area contributed by atoms with Gasteiger partial charge >= 0.3 is 11.9 Å². The normalized spacial score (nSPS) is 14.1. The molecular formula is C10H8O3S. The molecule has 0 saturated heterocycles. The summed E-state index contributed by atoms with van der Waals surface area (Å²) in [5, 5.41) is 0. The van der Waals surface area contributed by atoms with Crippen LogP contribution in [0, 0.1) is 0 Å². The number of esters is 2. The summed E-state index contributed by atoms with van der Waals surface area (Å²) < 4.78 is 4.53. The highest BCUT2D eigenvalue weighted by molar-refractivity contribution is 7.99. The van der Waals surface area contributed by atoms with Gasteiger partial charge in [-0.3, -0.25) is 0 Å². The van der Waals surface area contributed by atoms with Crippen molar-refractivity contribution >= 4 is 23.7 Å². The van der Waals surface area contributed by atoms with E-state index in [1.54, 1.807) is 12.1 Å². The molecule has 14 heavy (non-hydrogen) atoms. The van der Waals surface area contributed by atoms with Gasteiger partial charge < -0.3 is 4.74 Å². The molecule has 0 unspecified atom stereocenters. The van der Waals surface area contributed by atoms with E-state index in [0.717, 1.165) is 10.6 Å². The molecule has 0 atom stereocenters. The smallest absolute Gasteiger partial charge is 0.348 e. The van der Waals surface area contributed by atoms with Crippen molar-refractivity contribution in [2.24, 2.45) is 0 Å². The van der Waals surface area contributed by atoms with E-state index in [-0.39, 0.29) is 0 Å². The Kier molecular flexibility index (Phi) is 2.29. The first-order valence-corrected chi connectivity index (χ1v) is 5.25. The van der Waals surface area contributed by atoms with Crippen molar-refractivity contribution < 1.29 is 14.3 Å². The molecule has 0 fully saturated rings. The lowest BCUT2D eigenvalue weighted by molar-refractivity contribution is 0.0442. The van der Waals surface area contributed by atoms with Gasteiger partial charge in [0.1, 0.15) is 0 Å². The minimum atomic E-state index is -0.538. The van der Waals surface area contributed by atoms with Gasteiger partial charge in [-0.15, -0.1) is 11.8 Å². The molecule has 0 N–H and O–H groups in total. The third kappa shape index (κ3) is 1.32. The number of thioether (sulfide) groups is 1. The quantitative estimate of drug-likeness (QED) is 0.424. The highest BCUT2D eigenvalue weighted by atomic mass is 32.2. The van der Waals surface area contributed by atoms with E-state index in [1.165, 1.54) is 11.8 Å². The van der Waals surface area contributed by atoms with Crippen LogP contribution in [-0.2, 0) is 4.74 Å². The minimum Gasteiger partial charge on any atom is -0.386 e. The van der Waals surface area contributed by atoms with Gasteiger partial charge in [0, 0.05) is 4.90 Å². The maximum absolute atomic E-state index is 11.3. The van der Waals surface area contributed by atoms with Gasteiger partial charge in [0.15, 0.2) is 0 Å². The van der Waals surface area contributed by atoms with Crippen LogP contribution >= 0.6 is 11.8 Å². The van der Waals surface area contributed by atoms with Crippen LogP contribution in [-0.4, -0.2) is 17.7 Å². The van der Waals surface area contributed by atoms with Crippen molar-refractivity contribution in [1.29, 1.82) is 0 Å². The highest BCUT2D eigenvalue weighted by Crippen LogP contribution is 2.30. The Morgan fingerprint density at radius 2 is 2.07 bits per heavy atom. The van der Waals surface area contributed by atoms with Gasteiger partial charge in [0.25, 0.3) is 0 Å². The fourth-order valence-electron chi connectivity index (χ4n) is 1.38. The van der Waals surface area contributed by atoms with E-state index >= 15 is 0 Å². The van der Waals surface area contributed by atoms with Crippen molar-refractivity contribution in [3.63, 3.8) is 0 Å². The molecular weight excluding hydrogens is 200 g/mol. The Morgan fingerprint density at radius 3 is 2.79 bits per heavy atom. The Hall–Kier alpha value is -1.29. The van der Waals surface area contributed by atoms with Crippen LogP contribution in [0.1, 0.15) is 27.6 Å². The van der Waals surface area contributed by atoms with Gasteiger partial charge in [0.05, 0.1) is 11.1 Å². The van der Waals surface area contributed by atoms with Crippen LogP contribution in [0.5, 0.6) is 0 Å². The van der Waals surface area contributed by atoms with E-state index in [0.29, 0.717) is 11.1 Å². The fraction of sp³-hybridized carbons (Fsp3) is 0.200. The van der Waals surface area contributed by atoms with Gasteiger partial charge in [-0.25, -0.2) is 9.59 Å². The Morgan fingerprint density at radius 1 is 1.29 bits per heavy atom. The van der Waals surface area contributed by atoms with Crippen LogP contribution in [0.3, 0.4) is 0 Å². The summed E-state index contributed by atoms with van der Waals surface area (Å²) in [6.07, 6.45) is 0. The fourth-order valence-corrected chi connectivity index (χ4v) is 2.20. The Bertz CT molecular complexity index is 412. The molecule has 0 amide bonds. The van der Waals surface area contributed by atoms with E-state index in [2.05, 4.69) is 4.74 Å². The molecule has 1 aromatic rings. The number of hydrogen-bond donors (Lipinski definition) is 0. The van der Waals surface area contributed by atoms with Crippen molar-refractivity contribution in [1.82, 2.24) is 0 Å². The molecule has 3 nitrogen and oxygen atoms in total. The topological polar surface area (TPSA) is 43.4 Å². The number of benzene rings is 1. The molecule has 1 aliphatic rings. The zero-order valence-corrected chi connectivity index (χ0v) is 8.39. The molecule has 0 aliphatic carbocycles. The van der Waals surface area contributed by atoms with Gasteiger partial charge in [-0.1, -0.05) is 13.0 Å². The molecule has 1 heterocycles. The summed E-state index contributed by atoms with van der Waals surface area (Å²) in [4.78, 5) is 23.3. The first-order chi connectivity index (χ1) is 6.74. The first-order valence-electron chi connectivity index (χ1n) is 4.26. The Balaban J connectivity index is 2.56. The van der Waals surface area contributed by atoms with Gasteiger partial charge in [-0.2, -0.15) is 0 Å². The molecule has 1 aliphatic heterocycles. The van der Waals surface area contributed by atoms with E-state index in [4.69, 9.17) is 0 Å². The maximum Gasteiger partial charge on any atom is 0.348 e. The molecule has 4 heteroatoms. The minimum absolute atomic E-state index is 0.383. The second-order valence-corrected chi connectivity index (χ2v) is 4.09. The third-order valence-corrected chi connectivity index (χ3v) is 2.88. The number of rotatable bonds is 2. The molecule has 0 aromatic heterocycles. The summed E-state index contributed by atoms with van der Waals surface area (Å²) in [6.45, 7) is 1.99. The average Bonchev–Trinajstić information content (AvgIpc) is 2.44. The first kappa shape index (κ1) is 9.27. The lowest BCUT2D eigenvalue weighted by atomic mass is 10.1. The van der Waals surface area contributed by atoms with Crippen LogP contribution in [0.25, 0.3) is 0 Å². The molecule has 0 bridgehead atoms. The van der Waals surface area contributed by atoms with E-state index in [9.17, 15) is 9.59 Å². The van der Waals surface area contributed by atoms with E-state index in [1.807, 2.05) is 13.0 Å². The van der Waals surface area contributed by atoms with Crippen LogP contribution in [0.2, 0.25) is 0 Å². The van der Waals surface area contributed by atoms with Crippen molar-refractivity contribution in [2.75, 3.05) is 5.75 Å². The van der Waals surface area contributed by atoms with Crippen molar-refractivity contribution in [3.05, 3.63) is 29.3 Å². The monoisotopic (exact) mass is 208 g/mol. The SMILES string of the molecule is CCSc1cccc2c1C(=O)OC2=O. The lowest BCUT2D eigenvalue weighted by Gasteiger charge is -2.00. The molecule has 72 valence electrons. The standard InChI is InChI=1S/C10H8O3S/c1-2-14-7-5-3-4-6-8(7)10(12)13-9(6)11/h3-5H,2H2,1H3. The molecule has 0 saturated carbocycles. The zero-order chi connectivity index (χ0) is 10.1. The summed E-state index contributed by atoms with van der Waals surface area (Å²) in [7, 11) is 0. The predicted molar refractivity (Wildman–Crippen MR) is 52.6 cm³/mol. The number of cyclic esters (lactones) is 2. The second kappa shape index (κ2) is 3.46. The highest BCUT2D eigenvalue weighted by Gasteiger charge is 2.31. The largest absolute Gasteiger partial charge is 0.386 e. The summed E-state index contributed by atoms with van der Waals surface area (Å²) >= 11 is 1.53. The van der Waals surface area contributed by atoms with Gasteiger partial charge in [0.2, 0.25) is 0 Å². The third-order valence-electron chi connectivity index (χ3n) is 1.94. The second-order valence-electron chi connectivity index (χ2n) is 2.79. The summed E-state index contributed by atoms with van der Waals surface area (Å²) in [5.74, 6) is -0.206. The van der Waals surface area contributed by atoms with Crippen LogP contribution < -0.4 is 0 Å². The van der Waals surface area contributed by atoms with Crippen LogP contribution in [0.4, 0.5) is 0 Å². The number of carbonyl (C=O) groups excluding carboxylic acids is 2. The summed E-state index contributed by atoms with van der Waals surface area (Å²) in [5.41, 5.74) is 0.804. The molecule has 1 aromatic carbocycles. The van der Waals surface area contributed by atoms with Crippen molar-refractivity contribution in [3.8, 4) is 0 Å². The molecule has 0 spiro atoms. The zero-order valence-electron chi connectivity index (χ0n) is 7.57. The van der Waals surface area contributed by atoms with Crippen LogP contribution in [0.15, 0.2) is 23.1 Å². The lowest BCUT2D eigenvalue weighted by Crippen LogP contribution is -1.97. The average molecular weight is 208 g/mol. The van der Waals surface area contributed by atoms with Gasteiger partial charge in [-0.05, 0) is 17.9 Å². The van der Waals surface area contributed by atoms with E-state index < -0.39 is 11.9 Å². The maximum atomic E-state index is 11.3. The molecule has 0 radical (unpaired) electrons. The Labute approximate surface area is 85.4 Å². The summed E-state index contributed by atoms with van der Waals surface area (Å²) in [6, 6.07) is 5.20. The number of ether oxygens (including phenoxy) is 1. The molecule has 2 rings (SSSR count). The number of carbonyl (C=O) groups is 2. The number of hydrogen-bond acceptors (Lipinski definition) is 4. The van der Waals surface area contributed by atoms with Crippen molar-refractivity contribution in [2.45, 2.75) is 11.8 Å². The predicted octanol–water partition coefficient (Wildman–Crippen LogP) is 2.11. The number of fused-ring (bicyclic) bond motifs is 1.